The molecule has 0 spiro atoms. The number of ether oxygens (including phenoxy) is 1. The fourth-order valence-corrected chi connectivity index (χ4v) is 2.52. The molecule has 0 fully saturated rings. The first kappa shape index (κ1) is 14.7. The Bertz CT molecular complexity index is 478. The summed E-state index contributed by atoms with van der Waals surface area (Å²) in [6, 6.07) is 6.33. The molecule has 0 N–H and O–H groups in total. The molecule has 0 heterocycles. The lowest BCUT2D eigenvalue weighted by atomic mass is 9.79. The van der Waals surface area contributed by atoms with E-state index < -0.39 is 17.2 Å². The van der Waals surface area contributed by atoms with Crippen molar-refractivity contribution in [3.8, 4) is 6.07 Å². The van der Waals surface area contributed by atoms with Crippen molar-refractivity contribution < 1.29 is 13.9 Å². The van der Waals surface area contributed by atoms with E-state index >= 15 is 0 Å². The van der Waals surface area contributed by atoms with Gasteiger partial charge >= 0.3 is 5.97 Å². The summed E-state index contributed by atoms with van der Waals surface area (Å²) in [5.41, 5.74) is -1.15. The summed E-state index contributed by atoms with van der Waals surface area (Å²) in [7, 11) is 0. The second-order valence-corrected chi connectivity index (χ2v) is 4.84. The van der Waals surface area contributed by atoms with Crippen molar-refractivity contribution in [2.24, 2.45) is 0 Å². The fraction of sp³-hybridized carbons (Fsp3) is 0.385. The van der Waals surface area contributed by atoms with Crippen molar-refractivity contribution in [1.29, 1.82) is 5.26 Å². The first-order valence-electron chi connectivity index (χ1n) is 5.46. The van der Waals surface area contributed by atoms with Crippen molar-refractivity contribution in [2.45, 2.75) is 25.7 Å². The Hall–Kier alpha value is -1.41. The van der Waals surface area contributed by atoms with Crippen LogP contribution in [0, 0.1) is 17.1 Å². The summed E-state index contributed by atoms with van der Waals surface area (Å²) in [5.74, 6) is -1.13. The third-order valence-electron chi connectivity index (χ3n) is 2.67. The van der Waals surface area contributed by atoms with Gasteiger partial charge in [-0.05, 0) is 26.0 Å². The highest BCUT2D eigenvalue weighted by Gasteiger charge is 2.40. The molecule has 0 aliphatic carbocycles. The van der Waals surface area contributed by atoms with Gasteiger partial charge in [-0.15, -0.1) is 0 Å². The molecule has 0 saturated heterocycles. The Labute approximate surface area is 114 Å². The minimum absolute atomic E-state index is 0.147. The number of halogens is 2. The number of benzene rings is 1. The van der Waals surface area contributed by atoms with E-state index in [9.17, 15) is 9.18 Å². The van der Waals surface area contributed by atoms with Crippen LogP contribution in [0.4, 0.5) is 4.39 Å². The molecule has 0 radical (unpaired) electrons. The number of esters is 1. The smallest absolute Gasteiger partial charge is 0.317 e. The molecule has 1 atom stereocenters. The second kappa shape index (κ2) is 5.96. The molecule has 18 heavy (non-hydrogen) atoms. The third-order valence-corrected chi connectivity index (χ3v) is 3.33. The molecule has 0 aliphatic heterocycles. The van der Waals surface area contributed by atoms with Gasteiger partial charge in [-0.2, -0.15) is 5.26 Å². The zero-order valence-corrected chi connectivity index (χ0v) is 11.8. The summed E-state index contributed by atoms with van der Waals surface area (Å²) in [6.45, 7) is 3.37. The fourth-order valence-electron chi connectivity index (χ4n) is 1.74. The quantitative estimate of drug-likeness (QED) is 0.801. The van der Waals surface area contributed by atoms with Gasteiger partial charge < -0.3 is 4.74 Å². The van der Waals surface area contributed by atoms with E-state index in [2.05, 4.69) is 15.9 Å². The summed E-state index contributed by atoms with van der Waals surface area (Å²) < 4.78 is 19.3. The van der Waals surface area contributed by atoms with Crippen LogP contribution in [0.2, 0.25) is 0 Å². The van der Waals surface area contributed by atoms with Crippen molar-refractivity contribution in [3.05, 3.63) is 34.1 Å². The van der Waals surface area contributed by atoms with Crippen LogP contribution < -0.4 is 0 Å². The highest BCUT2D eigenvalue weighted by Crippen LogP contribution is 2.36. The molecule has 0 aromatic heterocycles. The Morgan fingerprint density at radius 1 is 1.61 bits per heavy atom. The molecule has 0 amide bonds. The second-order valence-electron chi connectivity index (χ2n) is 3.98. The number of rotatable bonds is 4. The highest BCUT2D eigenvalue weighted by atomic mass is 79.9. The topological polar surface area (TPSA) is 50.1 Å². The number of nitriles is 1. The molecule has 5 heteroatoms. The Morgan fingerprint density at radius 3 is 2.78 bits per heavy atom. The molecule has 1 aromatic rings. The van der Waals surface area contributed by atoms with Gasteiger partial charge in [0.25, 0.3) is 0 Å². The normalized spacial score (nSPS) is 13.5. The Morgan fingerprint density at radius 2 is 2.28 bits per heavy atom. The molecule has 0 aliphatic rings. The third kappa shape index (κ3) is 2.70. The Kier molecular flexibility index (Phi) is 4.85. The monoisotopic (exact) mass is 313 g/mol. The zero-order valence-electron chi connectivity index (χ0n) is 10.2. The summed E-state index contributed by atoms with van der Waals surface area (Å²) in [6.07, 6.45) is -0.147. The minimum atomic E-state index is -1.31. The maximum atomic E-state index is 13.9. The molecular formula is C13H13BrFNO2. The predicted octanol–water partition coefficient (Wildman–Crippen LogP) is 3.32. The highest BCUT2D eigenvalue weighted by molar-refractivity contribution is 9.10. The number of hydrogen-bond donors (Lipinski definition) is 0. The molecule has 1 unspecified atom stereocenters. The molecule has 0 saturated carbocycles. The number of carbonyl (C=O) groups excluding carboxylic acids is 1. The van der Waals surface area contributed by atoms with Crippen LogP contribution in [0.3, 0.4) is 0 Å². The van der Waals surface area contributed by atoms with E-state index in [-0.39, 0.29) is 18.6 Å². The van der Waals surface area contributed by atoms with Gasteiger partial charge in [-0.1, -0.05) is 22.0 Å². The Balaban J connectivity index is 3.36. The summed E-state index contributed by atoms with van der Waals surface area (Å²) >= 11 is 3.22. The van der Waals surface area contributed by atoms with Gasteiger partial charge in [0.15, 0.2) is 0 Å². The van der Waals surface area contributed by atoms with E-state index in [1.807, 2.05) is 6.07 Å². The van der Waals surface area contributed by atoms with E-state index in [0.29, 0.717) is 4.47 Å². The van der Waals surface area contributed by atoms with Crippen molar-refractivity contribution in [3.63, 3.8) is 0 Å². The first-order chi connectivity index (χ1) is 8.47. The van der Waals surface area contributed by atoms with E-state index in [1.54, 1.807) is 13.0 Å². The van der Waals surface area contributed by atoms with Crippen LogP contribution >= 0.6 is 15.9 Å². The molecule has 0 bridgehead atoms. The average molecular weight is 314 g/mol. The van der Waals surface area contributed by atoms with E-state index in [4.69, 9.17) is 10.00 Å². The predicted molar refractivity (Wildman–Crippen MR) is 68.3 cm³/mol. The van der Waals surface area contributed by atoms with Gasteiger partial charge in [0.2, 0.25) is 0 Å². The zero-order chi connectivity index (χ0) is 13.8. The number of nitrogens with zero attached hydrogens (tertiary/aromatic N) is 1. The maximum absolute atomic E-state index is 13.9. The van der Waals surface area contributed by atoms with Crippen LogP contribution in [0.15, 0.2) is 22.7 Å². The van der Waals surface area contributed by atoms with Crippen molar-refractivity contribution >= 4 is 21.9 Å². The van der Waals surface area contributed by atoms with Crippen LogP contribution in [-0.2, 0) is 14.9 Å². The van der Waals surface area contributed by atoms with Crippen LogP contribution in [-0.4, -0.2) is 12.6 Å². The van der Waals surface area contributed by atoms with Crippen LogP contribution in [0.1, 0.15) is 25.8 Å². The van der Waals surface area contributed by atoms with Crippen molar-refractivity contribution in [1.82, 2.24) is 0 Å². The lowest BCUT2D eigenvalue weighted by Gasteiger charge is -2.26. The SMILES string of the molecule is CCOC(=O)C(C)(CC#N)c1c(F)cccc1Br. The van der Waals surface area contributed by atoms with Crippen LogP contribution in [0.5, 0.6) is 0 Å². The van der Waals surface area contributed by atoms with Gasteiger partial charge in [0.05, 0.1) is 19.1 Å². The van der Waals surface area contributed by atoms with Gasteiger partial charge in [0.1, 0.15) is 11.2 Å². The largest absolute Gasteiger partial charge is 0.465 e. The lowest BCUT2D eigenvalue weighted by molar-refractivity contribution is -0.149. The lowest BCUT2D eigenvalue weighted by Crippen LogP contribution is -2.35. The van der Waals surface area contributed by atoms with Crippen molar-refractivity contribution in [2.75, 3.05) is 6.61 Å². The molecule has 1 aromatic carbocycles. The number of carbonyl (C=O) groups is 1. The average Bonchev–Trinajstić information content (AvgIpc) is 2.29. The number of hydrogen-bond acceptors (Lipinski definition) is 3. The van der Waals surface area contributed by atoms with Crippen LogP contribution in [0.25, 0.3) is 0 Å². The summed E-state index contributed by atoms with van der Waals surface area (Å²) in [5, 5.41) is 8.87. The molecular weight excluding hydrogens is 301 g/mol. The molecule has 1 rings (SSSR count). The summed E-state index contributed by atoms with van der Waals surface area (Å²) in [4.78, 5) is 12.0. The standard InChI is InChI=1S/C13H13BrFNO2/c1-3-18-12(17)13(2,7-8-16)11-9(14)5-4-6-10(11)15/h4-6H,3,7H2,1-2H3. The first-order valence-corrected chi connectivity index (χ1v) is 6.25. The van der Waals surface area contributed by atoms with E-state index in [1.165, 1.54) is 19.1 Å². The molecule has 3 nitrogen and oxygen atoms in total. The van der Waals surface area contributed by atoms with Gasteiger partial charge in [0, 0.05) is 10.0 Å². The molecule has 96 valence electrons. The maximum Gasteiger partial charge on any atom is 0.317 e. The minimum Gasteiger partial charge on any atom is -0.465 e. The van der Waals surface area contributed by atoms with E-state index in [0.717, 1.165) is 0 Å². The van der Waals surface area contributed by atoms with Gasteiger partial charge in [-0.25, -0.2) is 4.39 Å². The van der Waals surface area contributed by atoms with Gasteiger partial charge in [-0.3, -0.25) is 4.79 Å².